The molecule has 1 rings (SSSR count). The van der Waals surface area contributed by atoms with E-state index in [1.54, 1.807) is 0 Å². The van der Waals surface area contributed by atoms with Crippen LogP contribution in [0.15, 0.2) is 12.2 Å². The van der Waals surface area contributed by atoms with Gasteiger partial charge in [0, 0.05) is 6.42 Å². The maximum atomic E-state index is 13.9. The van der Waals surface area contributed by atoms with Crippen LogP contribution in [-0.2, 0) is 33.9 Å². The van der Waals surface area contributed by atoms with Gasteiger partial charge in [-0.15, -0.1) is 0 Å². The molecule has 19 heteroatoms. The Morgan fingerprint density at radius 1 is 0.917 bits per heavy atom. The topological polar surface area (TPSA) is 116 Å². The van der Waals surface area contributed by atoms with Gasteiger partial charge in [-0.1, -0.05) is 13.0 Å². The quantitative estimate of drug-likeness (QED) is 0.136. The van der Waals surface area contributed by atoms with E-state index < -0.39 is 76.1 Å². The van der Waals surface area contributed by atoms with Crippen LogP contribution in [0.25, 0.3) is 0 Å². The minimum absolute atomic E-state index is 0.0401. The monoisotopic (exact) mass is 572 g/mol. The van der Waals surface area contributed by atoms with Crippen molar-refractivity contribution in [3.63, 3.8) is 0 Å². The van der Waals surface area contributed by atoms with Gasteiger partial charge in [0.25, 0.3) is 0 Å². The van der Waals surface area contributed by atoms with Crippen LogP contribution < -0.4 is 0 Å². The molecule has 1 saturated carbocycles. The molecule has 0 heterocycles. The number of hydrogen-bond donors (Lipinski definition) is 1. The maximum Gasteiger partial charge on any atom is 0.468 e. The van der Waals surface area contributed by atoms with E-state index in [9.17, 15) is 61.9 Å². The average Bonchev–Trinajstić information content (AvgIpc) is 2.70. The number of hydrogen-bond acceptors (Lipinski definition) is 7. The normalized spacial score (nSPS) is 18.3. The van der Waals surface area contributed by atoms with E-state index >= 15 is 0 Å². The van der Waals surface area contributed by atoms with Crippen LogP contribution in [0.5, 0.6) is 0 Å². The second-order valence-corrected chi connectivity index (χ2v) is 8.90. The fourth-order valence-electron chi connectivity index (χ4n) is 2.76. The number of halogens is 10. The van der Waals surface area contributed by atoms with E-state index in [1.165, 1.54) is 0 Å². The van der Waals surface area contributed by atoms with Crippen molar-refractivity contribution in [3.05, 3.63) is 12.2 Å². The summed E-state index contributed by atoms with van der Waals surface area (Å²) < 4.78 is 175. The molecule has 0 aliphatic heterocycles. The summed E-state index contributed by atoms with van der Waals surface area (Å²) in [7, 11) is -6.81. The first-order valence-corrected chi connectivity index (χ1v) is 11.1. The summed E-state index contributed by atoms with van der Waals surface area (Å²) in [4.78, 5) is 24.1. The van der Waals surface area contributed by atoms with Gasteiger partial charge in [-0.05, 0) is 25.7 Å². The van der Waals surface area contributed by atoms with Crippen molar-refractivity contribution in [2.75, 3.05) is 6.61 Å². The summed E-state index contributed by atoms with van der Waals surface area (Å²) >= 11 is 0. The minimum Gasteiger partial charge on any atom is -0.457 e. The Bertz CT molecular complexity index is 938. The highest BCUT2D eigenvalue weighted by molar-refractivity contribution is 7.87. The molecule has 1 aliphatic rings. The highest BCUT2D eigenvalue weighted by atomic mass is 32.2. The summed E-state index contributed by atoms with van der Waals surface area (Å²) in [6.07, 6.45) is -14.8. The lowest BCUT2D eigenvalue weighted by atomic mass is 9.98. The van der Waals surface area contributed by atoms with Crippen LogP contribution in [0.3, 0.4) is 0 Å². The Hall–Kier alpha value is -2.15. The molecule has 1 unspecified atom stereocenters. The third kappa shape index (κ3) is 6.99. The van der Waals surface area contributed by atoms with Crippen molar-refractivity contribution in [2.45, 2.75) is 73.9 Å². The van der Waals surface area contributed by atoms with Gasteiger partial charge in [0.05, 0.1) is 6.61 Å². The predicted molar refractivity (Wildman–Crippen MR) is 95.0 cm³/mol. The van der Waals surface area contributed by atoms with Crippen LogP contribution in [0.4, 0.5) is 43.9 Å². The summed E-state index contributed by atoms with van der Waals surface area (Å²) in [5.74, 6) is -16.7. The number of alkyl halides is 10. The van der Waals surface area contributed by atoms with Crippen molar-refractivity contribution in [3.8, 4) is 0 Å². The lowest BCUT2D eigenvalue weighted by molar-refractivity contribution is -0.359. The zero-order chi connectivity index (χ0) is 28.4. The van der Waals surface area contributed by atoms with Gasteiger partial charge in [0.2, 0.25) is 0 Å². The number of rotatable bonds is 10. The van der Waals surface area contributed by atoms with Crippen LogP contribution in [0.1, 0.15) is 38.5 Å². The molecule has 0 bridgehead atoms. The highest BCUT2D eigenvalue weighted by Gasteiger charge is 2.70. The number of ether oxygens (including phenoxy) is 3. The smallest absolute Gasteiger partial charge is 0.457 e. The molecule has 0 aromatic heterocycles. The fourth-order valence-corrected chi connectivity index (χ4v) is 3.24. The number of carbonyl (C=O) groups is 2. The molecule has 0 aromatic rings. The maximum absolute atomic E-state index is 13.9. The largest absolute Gasteiger partial charge is 0.468 e. The van der Waals surface area contributed by atoms with E-state index in [2.05, 4.69) is 20.8 Å². The Morgan fingerprint density at radius 2 is 1.42 bits per heavy atom. The first kappa shape index (κ1) is 31.9. The average molecular weight is 572 g/mol. The Morgan fingerprint density at radius 3 is 1.83 bits per heavy atom. The molecule has 0 spiro atoms. The summed E-state index contributed by atoms with van der Waals surface area (Å²) in [5.41, 5.74) is -2.59. The lowest BCUT2D eigenvalue weighted by Crippen LogP contribution is -2.59. The predicted octanol–water partition coefficient (Wildman–Crippen LogP) is 4.31. The fraction of sp³-hybridized carbons (Fsp3) is 0.765. The van der Waals surface area contributed by atoms with Crippen molar-refractivity contribution in [1.82, 2.24) is 0 Å². The summed E-state index contributed by atoms with van der Waals surface area (Å²) in [6.45, 7) is -0.200. The molecule has 210 valence electrons. The van der Waals surface area contributed by atoms with Crippen molar-refractivity contribution in [1.29, 1.82) is 0 Å². The summed E-state index contributed by atoms with van der Waals surface area (Å²) in [6, 6.07) is 0. The van der Waals surface area contributed by atoms with Gasteiger partial charge in [-0.25, -0.2) is 9.59 Å². The first-order chi connectivity index (χ1) is 16.0. The second-order valence-electron chi connectivity index (χ2n) is 7.44. The molecular weight excluding hydrogens is 554 g/mol. The molecule has 0 aromatic carbocycles. The van der Waals surface area contributed by atoms with Gasteiger partial charge in [0.15, 0.2) is 0 Å². The van der Waals surface area contributed by atoms with Crippen molar-refractivity contribution in [2.24, 2.45) is 0 Å². The molecule has 1 aliphatic carbocycles. The van der Waals surface area contributed by atoms with Crippen LogP contribution in [0, 0.1) is 0 Å². The van der Waals surface area contributed by atoms with E-state index in [0.29, 0.717) is 19.3 Å². The van der Waals surface area contributed by atoms with E-state index in [-0.39, 0.29) is 12.8 Å². The second kappa shape index (κ2) is 10.7. The number of carbonyl (C=O) groups excluding carboxylic acids is 2. The first-order valence-electron chi connectivity index (χ1n) is 9.63. The van der Waals surface area contributed by atoms with Crippen LogP contribution in [0.2, 0.25) is 0 Å². The third-order valence-electron chi connectivity index (χ3n) is 4.76. The molecular formula is C17H18F10O8S. The van der Waals surface area contributed by atoms with Crippen LogP contribution in [-0.4, -0.2) is 66.9 Å². The summed E-state index contributed by atoms with van der Waals surface area (Å²) in [5, 5.41) is -6.26. The van der Waals surface area contributed by atoms with Crippen molar-refractivity contribution >= 4 is 22.1 Å². The van der Waals surface area contributed by atoms with Gasteiger partial charge in [-0.2, -0.15) is 52.3 Å². The van der Waals surface area contributed by atoms with Gasteiger partial charge in [0.1, 0.15) is 11.7 Å². The molecule has 1 atom stereocenters. The van der Waals surface area contributed by atoms with E-state index in [1.807, 2.05) is 0 Å². The highest BCUT2D eigenvalue weighted by Crippen LogP contribution is 2.43. The number of esters is 2. The molecule has 1 fully saturated rings. The molecule has 0 radical (unpaired) electrons. The molecule has 1 N–H and O–H groups in total. The van der Waals surface area contributed by atoms with Crippen molar-refractivity contribution < 1.29 is 80.7 Å². The van der Waals surface area contributed by atoms with E-state index in [4.69, 9.17) is 4.55 Å². The standard InChI is InChI=1S/C17H18F10O8S/c1-9(15(20,21)22)11(28)35-14(16(23,24)25,12(29)34-10-5-3-2-4-6-10)33-8-7-13(18,19)17(26,27)36(30,31)32/h10H,1-8H2,(H,30,31,32). The molecule has 0 saturated heterocycles. The van der Waals surface area contributed by atoms with Crippen LogP contribution >= 0.6 is 0 Å². The third-order valence-corrected chi connectivity index (χ3v) is 5.71. The lowest BCUT2D eigenvalue weighted by Gasteiger charge is -2.35. The van der Waals surface area contributed by atoms with Gasteiger partial charge >= 0.3 is 51.4 Å². The Labute approximate surface area is 196 Å². The Balaban J connectivity index is 3.37. The van der Waals surface area contributed by atoms with E-state index in [0.717, 1.165) is 0 Å². The Kier molecular flexibility index (Phi) is 9.46. The zero-order valence-corrected chi connectivity index (χ0v) is 18.5. The molecule has 36 heavy (non-hydrogen) atoms. The van der Waals surface area contributed by atoms with Gasteiger partial charge in [-0.3, -0.25) is 4.55 Å². The molecule has 0 amide bonds. The zero-order valence-electron chi connectivity index (χ0n) is 17.7. The minimum atomic E-state index is -6.81. The van der Waals surface area contributed by atoms with Gasteiger partial charge < -0.3 is 14.2 Å². The molecule has 8 nitrogen and oxygen atoms in total. The SMILES string of the molecule is C=C(C(=O)OC(OCCC(F)(F)C(F)(F)S(=O)(=O)O)(C(=O)OC1CCCCC1)C(F)(F)F)C(F)(F)F.